The van der Waals surface area contributed by atoms with E-state index < -0.39 is 0 Å². The molecule has 1 aliphatic carbocycles. The molecule has 1 amide bonds. The molecule has 1 aliphatic rings. The van der Waals surface area contributed by atoms with Crippen LogP contribution >= 0.6 is 0 Å². The van der Waals surface area contributed by atoms with Crippen LogP contribution in [-0.2, 0) is 11.2 Å². The van der Waals surface area contributed by atoms with Gasteiger partial charge in [0.1, 0.15) is 0 Å². The number of amides is 1. The van der Waals surface area contributed by atoms with Crippen LogP contribution in [0, 0.1) is 11.8 Å². The molecule has 0 aromatic heterocycles. The van der Waals surface area contributed by atoms with Crippen molar-refractivity contribution in [1.29, 1.82) is 0 Å². The van der Waals surface area contributed by atoms with Gasteiger partial charge in [-0.1, -0.05) is 38.0 Å². The molecule has 1 fully saturated rings. The van der Waals surface area contributed by atoms with E-state index in [4.69, 9.17) is 5.73 Å². The molecule has 0 aliphatic heterocycles. The molecule has 3 nitrogen and oxygen atoms in total. The summed E-state index contributed by atoms with van der Waals surface area (Å²) in [5.41, 5.74) is 7.46. The van der Waals surface area contributed by atoms with Crippen LogP contribution in [0.5, 0.6) is 0 Å². The fourth-order valence-electron chi connectivity index (χ4n) is 2.72. The zero-order valence-corrected chi connectivity index (χ0v) is 11.7. The Morgan fingerprint density at radius 2 is 1.95 bits per heavy atom. The highest BCUT2D eigenvalue weighted by Crippen LogP contribution is 2.27. The zero-order valence-electron chi connectivity index (χ0n) is 11.7. The van der Waals surface area contributed by atoms with Crippen LogP contribution in [0.15, 0.2) is 24.3 Å². The highest BCUT2D eigenvalue weighted by atomic mass is 16.1. The first kappa shape index (κ1) is 13.9. The summed E-state index contributed by atoms with van der Waals surface area (Å²) < 4.78 is 0. The maximum absolute atomic E-state index is 11.9. The Labute approximate surface area is 115 Å². The molecule has 0 heterocycles. The van der Waals surface area contributed by atoms with Crippen LogP contribution in [0.25, 0.3) is 0 Å². The summed E-state index contributed by atoms with van der Waals surface area (Å²) in [6, 6.07) is 7.56. The smallest absolute Gasteiger partial charge is 0.224 e. The molecule has 3 heteroatoms. The molecule has 3 N–H and O–H groups in total. The number of benzene rings is 1. The van der Waals surface area contributed by atoms with Gasteiger partial charge in [0.25, 0.3) is 0 Å². The Kier molecular flexibility index (Phi) is 4.83. The molecule has 0 unspecified atom stereocenters. The molecule has 0 atom stereocenters. The average Bonchev–Trinajstić information content (AvgIpc) is 2.41. The number of hydrogen-bond donors (Lipinski definition) is 2. The van der Waals surface area contributed by atoms with Crippen LogP contribution in [0.1, 0.15) is 38.2 Å². The number of hydrogen-bond acceptors (Lipinski definition) is 2. The average molecular weight is 260 g/mol. The SMILES string of the molecule is CC1CCC(CNC(=O)Cc2ccccc2N)CC1. The molecule has 0 radical (unpaired) electrons. The molecular weight excluding hydrogens is 236 g/mol. The van der Waals surface area contributed by atoms with Gasteiger partial charge < -0.3 is 11.1 Å². The van der Waals surface area contributed by atoms with E-state index >= 15 is 0 Å². The topological polar surface area (TPSA) is 55.1 Å². The van der Waals surface area contributed by atoms with Gasteiger partial charge in [0, 0.05) is 12.2 Å². The minimum atomic E-state index is 0.0801. The third-order valence-corrected chi connectivity index (χ3v) is 4.13. The van der Waals surface area contributed by atoms with Crippen LogP contribution in [0.3, 0.4) is 0 Å². The zero-order chi connectivity index (χ0) is 13.7. The normalized spacial score (nSPS) is 23.0. The number of carbonyl (C=O) groups is 1. The van der Waals surface area contributed by atoms with Gasteiger partial charge in [0.15, 0.2) is 0 Å². The standard InChI is InChI=1S/C16H24N2O/c1-12-6-8-13(9-7-12)11-18-16(19)10-14-4-2-3-5-15(14)17/h2-5,12-13H,6-11,17H2,1H3,(H,18,19). The van der Waals surface area contributed by atoms with Crippen molar-refractivity contribution in [1.82, 2.24) is 5.32 Å². The van der Waals surface area contributed by atoms with E-state index in [1.54, 1.807) is 0 Å². The van der Waals surface area contributed by atoms with Gasteiger partial charge in [-0.2, -0.15) is 0 Å². The van der Waals surface area contributed by atoms with Crippen LogP contribution in [0.4, 0.5) is 5.69 Å². The second-order valence-corrected chi connectivity index (χ2v) is 5.81. The van der Waals surface area contributed by atoms with E-state index in [0.29, 0.717) is 18.0 Å². The van der Waals surface area contributed by atoms with Crippen LogP contribution in [-0.4, -0.2) is 12.5 Å². The Morgan fingerprint density at radius 1 is 1.26 bits per heavy atom. The fraction of sp³-hybridized carbons (Fsp3) is 0.562. The fourth-order valence-corrected chi connectivity index (χ4v) is 2.72. The largest absolute Gasteiger partial charge is 0.398 e. The summed E-state index contributed by atoms with van der Waals surface area (Å²) in [5.74, 6) is 1.60. The molecule has 2 rings (SSSR count). The first-order valence-corrected chi connectivity index (χ1v) is 7.25. The van der Waals surface area contributed by atoms with Crippen molar-refractivity contribution in [3.8, 4) is 0 Å². The van der Waals surface area contributed by atoms with E-state index in [1.165, 1.54) is 25.7 Å². The van der Waals surface area contributed by atoms with E-state index in [2.05, 4.69) is 12.2 Å². The predicted molar refractivity (Wildman–Crippen MR) is 78.7 cm³/mol. The summed E-state index contributed by atoms with van der Waals surface area (Å²) in [4.78, 5) is 11.9. The Morgan fingerprint density at radius 3 is 2.63 bits per heavy atom. The first-order chi connectivity index (χ1) is 9.15. The quantitative estimate of drug-likeness (QED) is 0.818. The molecular formula is C16H24N2O. The van der Waals surface area contributed by atoms with Crippen LogP contribution < -0.4 is 11.1 Å². The van der Waals surface area contributed by atoms with Gasteiger partial charge in [0.2, 0.25) is 5.91 Å². The number of anilines is 1. The van der Waals surface area contributed by atoms with Crippen molar-refractivity contribution < 1.29 is 4.79 Å². The lowest BCUT2D eigenvalue weighted by Gasteiger charge is -2.26. The highest BCUT2D eigenvalue weighted by molar-refractivity contribution is 5.80. The Balaban J connectivity index is 1.74. The van der Waals surface area contributed by atoms with Gasteiger partial charge in [-0.3, -0.25) is 4.79 Å². The van der Waals surface area contributed by atoms with Crippen molar-refractivity contribution in [2.45, 2.75) is 39.0 Å². The number of nitrogens with two attached hydrogens (primary N) is 1. The van der Waals surface area contributed by atoms with Gasteiger partial charge in [0.05, 0.1) is 6.42 Å². The van der Waals surface area contributed by atoms with E-state index in [-0.39, 0.29) is 5.91 Å². The molecule has 104 valence electrons. The molecule has 1 aromatic rings. The molecule has 1 aromatic carbocycles. The van der Waals surface area contributed by atoms with E-state index in [0.717, 1.165) is 18.0 Å². The number of nitrogen functional groups attached to an aromatic ring is 1. The summed E-state index contributed by atoms with van der Waals surface area (Å²) in [6.45, 7) is 3.13. The number of nitrogens with one attached hydrogen (secondary N) is 1. The molecule has 19 heavy (non-hydrogen) atoms. The van der Waals surface area contributed by atoms with Crippen molar-refractivity contribution in [3.63, 3.8) is 0 Å². The number of rotatable bonds is 4. The summed E-state index contributed by atoms with van der Waals surface area (Å²) in [5, 5.41) is 3.05. The van der Waals surface area contributed by atoms with Gasteiger partial charge in [-0.15, -0.1) is 0 Å². The van der Waals surface area contributed by atoms with Crippen molar-refractivity contribution in [3.05, 3.63) is 29.8 Å². The Bertz CT molecular complexity index is 423. The summed E-state index contributed by atoms with van der Waals surface area (Å²) in [6.07, 6.45) is 5.47. The van der Waals surface area contributed by atoms with E-state index in [1.807, 2.05) is 24.3 Å². The molecule has 1 saturated carbocycles. The molecule has 0 bridgehead atoms. The van der Waals surface area contributed by atoms with Gasteiger partial charge >= 0.3 is 0 Å². The third kappa shape index (κ3) is 4.27. The lowest BCUT2D eigenvalue weighted by molar-refractivity contribution is -0.120. The minimum Gasteiger partial charge on any atom is -0.398 e. The molecule has 0 spiro atoms. The van der Waals surface area contributed by atoms with Crippen molar-refractivity contribution in [2.24, 2.45) is 11.8 Å². The molecule has 0 saturated heterocycles. The van der Waals surface area contributed by atoms with Crippen LogP contribution in [0.2, 0.25) is 0 Å². The van der Waals surface area contributed by atoms with Gasteiger partial charge in [-0.25, -0.2) is 0 Å². The first-order valence-electron chi connectivity index (χ1n) is 7.25. The number of para-hydroxylation sites is 1. The summed E-state index contributed by atoms with van der Waals surface area (Å²) in [7, 11) is 0. The monoisotopic (exact) mass is 260 g/mol. The maximum Gasteiger partial charge on any atom is 0.224 e. The van der Waals surface area contributed by atoms with E-state index in [9.17, 15) is 4.79 Å². The highest BCUT2D eigenvalue weighted by Gasteiger charge is 2.18. The van der Waals surface area contributed by atoms with Crippen molar-refractivity contribution >= 4 is 11.6 Å². The second-order valence-electron chi connectivity index (χ2n) is 5.81. The van der Waals surface area contributed by atoms with Gasteiger partial charge in [-0.05, 0) is 36.3 Å². The number of carbonyl (C=O) groups excluding carboxylic acids is 1. The lowest BCUT2D eigenvalue weighted by atomic mass is 9.83. The second kappa shape index (κ2) is 6.60. The third-order valence-electron chi connectivity index (χ3n) is 4.13. The van der Waals surface area contributed by atoms with Crippen molar-refractivity contribution in [2.75, 3.05) is 12.3 Å². The maximum atomic E-state index is 11.9. The minimum absolute atomic E-state index is 0.0801. The lowest BCUT2D eigenvalue weighted by Crippen LogP contribution is -2.32. The predicted octanol–water partition coefficient (Wildman–Crippen LogP) is 2.75. The Hall–Kier alpha value is -1.51. The summed E-state index contributed by atoms with van der Waals surface area (Å²) >= 11 is 0.